The van der Waals surface area contributed by atoms with E-state index in [-0.39, 0.29) is 0 Å². The van der Waals surface area contributed by atoms with Gasteiger partial charge in [0.05, 0.1) is 25.1 Å². The van der Waals surface area contributed by atoms with Crippen molar-refractivity contribution in [3.05, 3.63) is 79.9 Å². The summed E-state index contributed by atoms with van der Waals surface area (Å²) in [4.78, 5) is 3.78. The van der Waals surface area contributed by atoms with Gasteiger partial charge in [0.1, 0.15) is 0 Å². The second-order valence-corrected chi connectivity index (χ2v) is 2.61. The van der Waals surface area contributed by atoms with E-state index in [9.17, 15) is 0 Å². The van der Waals surface area contributed by atoms with Crippen LogP contribution in [0.4, 0.5) is 0 Å². The smallest absolute Gasteiger partial charge is 0.0902 e. The van der Waals surface area contributed by atoms with Crippen molar-refractivity contribution in [2.45, 2.75) is 0 Å². The van der Waals surface area contributed by atoms with Crippen LogP contribution < -0.4 is 0 Å². The molecule has 0 N–H and O–H groups in total. The quantitative estimate of drug-likeness (QED) is 0.574. The largest absolute Gasteiger partial charge is 0.473 e. The van der Waals surface area contributed by atoms with E-state index in [1.807, 2.05) is 42.5 Å². The number of rotatable bonds is 0. The van der Waals surface area contributed by atoms with Crippen LogP contribution in [0.5, 0.6) is 0 Å². The van der Waals surface area contributed by atoms with Gasteiger partial charge < -0.3 is 8.83 Å². The maximum atomic E-state index is 4.58. The molecule has 3 nitrogen and oxygen atoms in total. The predicted molar refractivity (Wildman–Crippen MR) is 61.7 cm³/mol. The van der Waals surface area contributed by atoms with E-state index < -0.39 is 0 Å². The van der Waals surface area contributed by atoms with Gasteiger partial charge in [0.15, 0.2) is 0 Å². The fourth-order valence-electron chi connectivity index (χ4n) is 0.766. The van der Waals surface area contributed by atoms with E-state index in [1.165, 1.54) is 0 Å². The minimum Gasteiger partial charge on any atom is -0.473 e. The molecule has 0 spiro atoms. The summed E-state index contributed by atoms with van der Waals surface area (Å²) in [6, 6.07) is 13.0. The molecule has 82 valence electrons. The van der Waals surface area contributed by atoms with E-state index in [2.05, 4.69) is 13.8 Å². The first kappa shape index (κ1) is 11.8. The van der Waals surface area contributed by atoms with Crippen molar-refractivity contribution in [3.8, 4) is 0 Å². The van der Waals surface area contributed by atoms with E-state index in [1.54, 1.807) is 37.4 Å². The maximum absolute atomic E-state index is 4.58. The van der Waals surface area contributed by atoms with Gasteiger partial charge in [-0.1, -0.05) is 6.07 Å². The Morgan fingerprint density at radius 3 is 1.06 bits per heavy atom. The minimum atomic E-state index is 1.62. The Balaban J connectivity index is 0.000000121. The number of pyridine rings is 1. The SMILES string of the molecule is c1ccncc1.c1ccoc1.c1ccoc1. The highest BCUT2D eigenvalue weighted by molar-refractivity contribution is 4.88. The lowest BCUT2D eigenvalue weighted by atomic mass is 10.5. The number of aromatic nitrogens is 1. The summed E-state index contributed by atoms with van der Waals surface area (Å²) in [5.74, 6) is 0. The van der Waals surface area contributed by atoms with E-state index in [4.69, 9.17) is 0 Å². The second kappa shape index (κ2) is 9.27. The maximum Gasteiger partial charge on any atom is 0.0902 e. The first-order valence-electron chi connectivity index (χ1n) is 4.79. The summed E-state index contributed by atoms with van der Waals surface area (Å²) in [6.07, 6.45) is 10.0. The van der Waals surface area contributed by atoms with E-state index >= 15 is 0 Å². The third kappa shape index (κ3) is 7.15. The van der Waals surface area contributed by atoms with Gasteiger partial charge >= 0.3 is 0 Å². The molecular formula is C13H13NO2. The highest BCUT2D eigenvalue weighted by Gasteiger charge is 1.59. The molecule has 3 heteroatoms. The van der Waals surface area contributed by atoms with Crippen molar-refractivity contribution in [2.75, 3.05) is 0 Å². The summed E-state index contributed by atoms with van der Waals surface area (Å²) >= 11 is 0. The third-order valence-electron chi connectivity index (χ3n) is 1.42. The second-order valence-electron chi connectivity index (χ2n) is 2.61. The third-order valence-corrected chi connectivity index (χ3v) is 1.42. The predicted octanol–water partition coefficient (Wildman–Crippen LogP) is 3.64. The summed E-state index contributed by atoms with van der Waals surface area (Å²) in [6.45, 7) is 0. The van der Waals surface area contributed by atoms with Gasteiger partial charge in [0.25, 0.3) is 0 Å². The highest BCUT2D eigenvalue weighted by atomic mass is 16.3. The van der Waals surface area contributed by atoms with Crippen LogP contribution in [0.1, 0.15) is 0 Å². The molecule has 3 heterocycles. The molecule has 3 rings (SSSR count). The Morgan fingerprint density at radius 2 is 0.938 bits per heavy atom. The summed E-state index contributed by atoms with van der Waals surface area (Å²) < 4.78 is 9.17. The number of hydrogen-bond donors (Lipinski definition) is 0. The van der Waals surface area contributed by atoms with Gasteiger partial charge in [-0.15, -0.1) is 0 Å². The standard InChI is InChI=1S/C5H5N.2C4H4O/c1-2-4-6-5-3-1;2*1-2-4-5-3-1/h1-5H;2*1-4H. The van der Waals surface area contributed by atoms with Gasteiger partial charge in [-0.05, 0) is 36.4 Å². The van der Waals surface area contributed by atoms with Crippen molar-refractivity contribution in [3.63, 3.8) is 0 Å². The Kier molecular flexibility index (Phi) is 6.83. The van der Waals surface area contributed by atoms with E-state index in [0.717, 1.165) is 0 Å². The molecule has 0 bridgehead atoms. The molecule has 3 aromatic heterocycles. The molecule has 0 aliphatic heterocycles. The fourth-order valence-corrected chi connectivity index (χ4v) is 0.766. The van der Waals surface area contributed by atoms with Gasteiger partial charge in [-0.3, -0.25) is 4.98 Å². The van der Waals surface area contributed by atoms with Gasteiger partial charge in [-0.2, -0.15) is 0 Å². The average molecular weight is 215 g/mol. The van der Waals surface area contributed by atoms with Gasteiger partial charge in [-0.25, -0.2) is 0 Å². The van der Waals surface area contributed by atoms with E-state index in [0.29, 0.717) is 0 Å². The van der Waals surface area contributed by atoms with Crippen molar-refractivity contribution in [2.24, 2.45) is 0 Å². The Bertz CT molecular complexity index is 305. The lowest BCUT2D eigenvalue weighted by Gasteiger charge is -1.70. The summed E-state index contributed by atoms with van der Waals surface area (Å²) in [5.41, 5.74) is 0. The van der Waals surface area contributed by atoms with Crippen LogP contribution in [0.2, 0.25) is 0 Å². The first-order valence-corrected chi connectivity index (χ1v) is 4.79. The zero-order chi connectivity index (χ0) is 11.3. The summed E-state index contributed by atoms with van der Waals surface area (Å²) in [5, 5.41) is 0. The molecule has 0 saturated heterocycles. The van der Waals surface area contributed by atoms with Crippen LogP contribution >= 0.6 is 0 Å². The van der Waals surface area contributed by atoms with Crippen molar-refractivity contribution in [1.29, 1.82) is 0 Å². The molecular weight excluding hydrogens is 202 g/mol. The van der Waals surface area contributed by atoms with Crippen molar-refractivity contribution < 1.29 is 8.83 Å². The van der Waals surface area contributed by atoms with Crippen LogP contribution in [0.15, 0.2) is 88.7 Å². The Labute approximate surface area is 94.4 Å². The highest BCUT2D eigenvalue weighted by Crippen LogP contribution is 1.80. The van der Waals surface area contributed by atoms with Gasteiger partial charge in [0.2, 0.25) is 0 Å². The van der Waals surface area contributed by atoms with Crippen LogP contribution in [0.25, 0.3) is 0 Å². The van der Waals surface area contributed by atoms with Crippen LogP contribution in [0, 0.1) is 0 Å². The number of hydrogen-bond acceptors (Lipinski definition) is 3. The molecule has 0 fully saturated rings. The molecule has 0 aromatic carbocycles. The Morgan fingerprint density at radius 1 is 0.500 bits per heavy atom. The van der Waals surface area contributed by atoms with Gasteiger partial charge in [0, 0.05) is 12.4 Å². The lowest BCUT2D eigenvalue weighted by Crippen LogP contribution is -1.58. The van der Waals surface area contributed by atoms with Crippen molar-refractivity contribution in [1.82, 2.24) is 4.98 Å². The molecule has 0 aliphatic carbocycles. The lowest BCUT2D eigenvalue weighted by molar-refractivity contribution is 0.567. The zero-order valence-electron chi connectivity index (χ0n) is 8.77. The van der Waals surface area contributed by atoms with Crippen LogP contribution in [-0.4, -0.2) is 4.98 Å². The zero-order valence-corrected chi connectivity index (χ0v) is 8.77. The first-order chi connectivity index (χ1) is 8.00. The molecule has 16 heavy (non-hydrogen) atoms. The summed E-state index contributed by atoms with van der Waals surface area (Å²) in [7, 11) is 0. The molecule has 3 aromatic rings. The van der Waals surface area contributed by atoms with Crippen molar-refractivity contribution >= 4 is 0 Å². The number of furan rings is 2. The average Bonchev–Trinajstić information content (AvgIpc) is 3.10. The monoisotopic (exact) mass is 215 g/mol. The number of nitrogens with zero attached hydrogens (tertiary/aromatic N) is 1. The molecule has 0 saturated carbocycles. The topological polar surface area (TPSA) is 39.2 Å². The molecule has 0 aliphatic rings. The van der Waals surface area contributed by atoms with Crippen LogP contribution in [0.3, 0.4) is 0 Å². The molecule has 0 unspecified atom stereocenters. The Hall–Kier alpha value is -2.29. The molecule has 0 amide bonds. The molecule has 0 radical (unpaired) electrons. The fraction of sp³-hybridized carbons (Fsp3) is 0. The molecule has 0 atom stereocenters. The minimum absolute atomic E-state index is 1.62. The van der Waals surface area contributed by atoms with Crippen LogP contribution in [-0.2, 0) is 0 Å². The normalized spacial score (nSPS) is 8.00.